The van der Waals surface area contributed by atoms with Gasteiger partial charge in [-0.05, 0) is 52.3 Å². The molecule has 2 rings (SSSR count). The largest absolute Gasteiger partial charge is 0.322 e. The second-order valence-electron chi connectivity index (χ2n) is 3.59. The smallest absolute Gasteiger partial charge is 0.256 e. The maximum Gasteiger partial charge on any atom is 0.256 e. The van der Waals surface area contributed by atoms with Crippen molar-refractivity contribution in [1.82, 2.24) is 0 Å². The molecule has 0 unspecified atom stereocenters. The summed E-state index contributed by atoms with van der Waals surface area (Å²) in [6.07, 6.45) is 0. The number of nitrogens with one attached hydrogen (secondary N) is 1. The van der Waals surface area contributed by atoms with Crippen LogP contribution in [-0.2, 0) is 0 Å². The Hall–Kier alpha value is -1.20. The van der Waals surface area contributed by atoms with E-state index in [0.29, 0.717) is 15.7 Å². The van der Waals surface area contributed by atoms with Crippen molar-refractivity contribution in [2.75, 3.05) is 5.32 Å². The minimum atomic E-state index is -0.386. The lowest BCUT2D eigenvalue weighted by atomic mass is 10.2. The van der Waals surface area contributed by atoms with Crippen LogP contribution in [0, 0.1) is 5.82 Å². The molecular formula is C13H8Br2FNO. The number of benzene rings is 2. The lowest BCUT2D eigenvalue weighted by molar-refractivity contribution is 0.102. The van der Waals surface area contributed by atoms with Crippen molar-refractivity contribution in [1.29, 1.82) is 0 Å². The Bertz CT molecular complexity index is 601. The molecule has 0 saturated heterocycles. The van der Waals surface area contributed by atoms with Gasteiger partial charge in [-0.15, -0.1) is 0 Å². The fourth-order valence-electron chi connectivity index (χ4n) is 1.44. The topological polar surface area (TPSA) is 29.1 Å². The predicted octanol–water partition coefficient (Wildman–Crippen LogP) is 4.60. The van der Waals surface area contributed by atoms with Gasteiger partial charge < -0.3 is 5.32 Å². The minimum Gasteiger partial charge on any atom is -0.322 e. The van der Waals surface area contributed by atoms with Crippen molar-refractivity contribution in [3.05, 3.63) is 62.8 Å². The van der Waals surface area contributed by atoms with Crippen molar-refractivity contribution in [3.8, 4) is 0 Å². The highest BCUT2D eigenvalue weighted by Gasteiger charge is 2.10. The van der Waals surface area contributed by atoms with Gasteiger partial charge >= 0.3 is 0 Å². The Kier molecular flexibility index (Phi) is 4.14. The Morgan fingerprint density at radius 1 is 1.11 bits per heavy atom. The molecule has 0 aromatic heterocycles. The van der Waals surface area contributed by atoms with Crippen LogP contribution in [0.4, 0.5) is 10.1 Å². The molecule has 0 heterocycles. The van der Waals surface area contributed by atoms with Crippen LogP contribution in [0.1, 0.15) is 10.4 Å². The van der Waals surface area contributed by atoms with Crippen LogP contribution in [0.3, 0.4) is 0 Å². The fourth-order valence-corrected chi connectivity index (χ4v) is 2.67. The first-order chi connectivity index (χ1) is 8.56. The molecule has 1 amide bonds. The van der Waals surface area contributed by atoms with Crippen molar-refractivity contribution in [2.24, 2.45) is 0 Å². The standard InChI is InChI=1S/C13H8Br2FNO/c14-8-4-5-11(12(15)6-8)13(18)17-10-3-1-2-9(16)7-10/h1-7H,(H,17,18). The van der Waals surface area contributed by atoms with E-state index in [-0.39, 0.29) is 11.7 Å². The van der Waals surface area contributed by atoms with E-state index < -0.39 is 0 Å². The molecule has 0 fully saturated rings. The highest BCUT2D eigenvalue weighted by Crippen LogP contribution is 2.23. The number of hydrogen-bond donors (Lipinski definition) is 1. The van der Waals surface area contributed by atoms with Gasteiger partial charge in [0.15, 0.2) is 0 Å². The molecule has 5 heteroatoms. The molecule has 2 nitrogen and oxygen atoms in total. The zero-order valence-electron chi connectivity index (χ0n) is 9.08. The van der Waals surface area contributed by atoms with Crippen LogP contribution in [0.5, 0.6) is 0 Å². The second kappa shape index (κ2) is 5.63. The number of hydrogen-bond acceptors (Lipinski definition) is 1. The SMILES string of the molecule is O=C(Nc1cccc(F)c1)c1ccc(Br)cc1Br. The molecule has 2 aromatic carbocycles. The number of anilines is 1. The normalized spacial score (nSPS) is 10.2. The maximum atomic E-state index is 13.0. The third-order valence-electron chi connectivity index (χ3n) is 2.26. The average Bonchev–Trinajstić information content (AvgIpc) is 2.28. The summed E-state index contributed by atoms with van der Waals surface area (Å²) >= 11 is 6.62. The van der Waals surface area contributed by atoms with Crippen LogP contribution < -0.4 is 5.32 Å². The zero-order chi connectivity index (χ0) is 13.1. The predicted molar refractivity (Wildman–Crippen MR) is 76.2 cm³/mol. The molecule has 0 bridgehead atoms. The average molecular weight is 373 g/mol. The molecule has 18 heavy (non-hydrogen) atoms. The van der Waals surface area contributed by atoms with Gasteiger partial charge in [-0.3, -0.25) is 4.79 Å². The molecule has 2 aromatic rings. The number of rotatable bonds is 2. The van der Waals surface area contributed by atoms with Crippen molar-refractivity contribution < 1.29 is 9.18 Å². The van der Waals surface area contributed by atoms with E-state index in [9.17, 15) is 9.18 Å². The third-order valence-corrected chi connectivity index (χ3v) is 3.41. The molecule has 1 N–H and O–H groups in total. The molecule has 0 aliphatic carbocycles. The Labute approximate surface area is 120 Å². The zero-order valence-corrected chi connectivity index (χ0v) is 12.3. The van der Waals surface area contributed by atoms with E-state index in [4.69, 9.17) is 0 Å². The van der Waals surface area contributed by atoms with Crippen molar-refractivity contribution in [3.63, 3.8) is 0 Å². The number of carbonyl (C=O) groups excluding carboxylic acids is 1. The summed E-state index contributed by atoms with van der Waals surface area (Å²) in [7, 11) is 0. The van der Waals surface area contributed by atoms with Crippen molar-refractivity contribution >= 4 is 43.5 Å². The van der Waals surface area contributed by atoms with Crippen LogP contribution >= 0.6 is 31.9 Å². The Morgan fingerprint density at radius 2 is 1.89 bits per heavy atom. The van der Waals surface area contributed by atoms with E-state index in [0.717, 1.165) is 4.47 Å². The van der Waals surface area contributed by atoms with Gasteiger partial charge in [0.05, 0.1) is 5.56 Å². The lowest BCUT2D eigenvalue weighted by Crippen LogP contribution is -2.12. The molecule has 0 saturated carbocycles. The van der Waals surface area contributed by atoms with E-state index >= 15 is 0 Å². The van der Waals surface area contributed by atoms with Gasteiger partial charge in [-0.2, -0.15) is 0 Å². The molecule has 0 atom stereocenters. The summed E-state index contributed by atoms with van der Waals surface area (Å²) in [5.74, 6) is -0.678. The van der Waals surface area contributed by atoms with Gasteiger partial charge in [-0.1, -0.05) is 22.0 Å². The van der Waals surface area contributed by atoms with Gasteiger partial charge in [-0.25, -0.2) is 4.39 Å². The number of halogens is 3. The Morgan fingerprint density at radius 3 is 2.56 bits per heavy atom. The quantitative estimate of drug-likeness (QED) is 0.819. The highest BCUT2D eigenvalue weighted by molar-refractivity contribution is 9.11. The first-order valence-electron chi connectivity index (χ1n) is 5.08. The monoisotopic (exact) mass is 371 g/mol. The lowest BCUT2D eigenvalue weighted by Gasteiger charge is -2.07. The van der Waals surface area contributed by atoms with E-state index in [2.05, 4.69) is 37.2 Å². The van der Waals surface area contributed by atoms with Crippen LogP contribution in [-0.4, -0.2) is 5.91 Å². The molecule has 0 spiro atoms. The molecular weight excluding hydrogens is 365 g/mol. The highest BCUT2D eigenvalue weighted by atomic mass is 79.9. The fraction of sp³-hybridized carbons (Fsp3) is 0. The van der Waals surface area contributed by atoms with Gasteiger partial charge in [0.2, 0.25) is 0 Å². The van der Waals surface area contributed by atoms with E-state index in [1.165, 1.54) is 12.1 Å². The van der Waals surface area contributed by atoms with Crippen LogP contribution in [0.25, 0.3) is 0 Å². The van der Waals surface area contributed by atoms with Gasteiger partial charge in [0, 0.05) is 14.6 Å². The summed E-state index contributed by atoms with van der Waals surface area (Å²) in [5.41, 5.74) is 0.914. The van der Waals surface area contributed by atoms with Crippen LogP contribution in [0.2, 0.25) is 0 Å². The Balaban J connectivity index is 2.22. The summed E-state index contributed by atoms with van der Waals surface area (Å²) in [6.45, 7) is 0. The summed E-state index contributed by atoms with van der Waals surface area (Å²) < 4.78 is 14.5. The number of amides is 1. The first-order valence-corrected chi connectivity index (χ1v) is 6.67. The number of carbonyl (C=O) groups is 1. The molecule has 92 valence electrons. The van der Waals surface area contributed by atoms with Gasteiger partial charge in [0.1, 0.15) is 5.82 Å². The van der Waals surface area contributed by atoms with Gasteiger partial charge in [0.25, 0.3) is 5.91 Å². The van der Waals surface area contributed by atoms with E-state index in [1.54, 1.807) is 30.3 Å². The molecule has 0 aliphatic rings. The summed E-state index contributed by atoms with van der Waals surface area (Å²) in [6, 6.07) is 11.0. The molecule has 0 radical (unpaired) electrons. The second-order valence-corrected chi connectivity index (χ2v) is 5.36. The van der Waals surface area contributed by atoms with Crippen molar-refractivity contribution in [2.45, 2.75) is 0 Å². The first kappa shape index (κ1) is 13.2. The third kappa shape index (κ3) is 3.17. The van der Waals surface area contributed by atoms with Crippen LogP contribution in [0.15, 0.2) is 51.4 Å². The van der Waals surface area contributed by atoms with E-state index in [1.807, 2.05) is 0 Å². The summed E-state index contributed by atoms with van der Waals surface area (Å²) in [5, 5.41) is 2.64. The molecule has 0 aliphatic heterocycles. The minimum absolute atomic E-state index is 0.292. The maximum absolute atomic E-state index is 13.0. The summed E-state index contributed by atoms with van der Waals surface area (Å²) in [4.78, 5) is 12.0.